The van der Waals surface area contributed by atoms with E-state index in [1.54, 1.807) is 0 Å². The quantitative estimate of drug-likeness (QED) is 0.881. The second-order valence-corrected chi connectivity index (χ2v) is 5.93. The zero-order valence-electron chi connectivity index (χ0n) is 11.4. The van der Waals surface area contributed by atoms with Crippen molar-refractivity contribution in [1.82, 2.24) is 9.78 Å². The summed E-state index contributed by atoms with van der Waals surface area (Å²) in [4.78, 5) is 0. The maximum Gasteiger partial charge on any atom is 0.0847 e. The fraction of sp³-hybridized carbons (Fsp3) is 0.769. The van der Waals surface area contributed by atoms with Gasteiger partial charge in [-0.2, -0.15) is 5.10 Å². The van der Waals surface area contributed by atoms with Crippen LogP contribution >= 0.6 is 11.6 Å². The second kappa shape index (κ2) is 5.40. The van der Waals surface area contributed by atoms with E-state index in [9.17, 15) is 5.11 Å². The smallest absolute Gasteiger partial charge is 0.0847 e. The SMILES string of the molecule is CCn1nc(C)c(Cl)c1CC(C)(C)CC(C)O. The number of hydrogen-bond donors (Lipinski definition) is 1. The van der Waals surface area contributed by atoms with Crippen molar-refractivity contribution in [3.8, 4) is 0 Å². The average molecular weight is 259 g/mol. The molecule has 0 amide bonds. The van der Waals surface area contributed by atoms with Gasteiger partial charge in [0.15, 0.2) is 0 Å². The molecule has 1 heterocycles. The lowest BCUT2D eigenvalue weighted by Crippen LogP contribution is -2.23. The van der Waals surface area contributed by atoms with E-state index in [1.807, 2.05) is 18.5 Å². The Morgan fingerprint density at radius 3 is 2.53 bits per heavy atom. The number of rotatable bonds is 5. The maximum atomic E-state index is 9.51. The van der Waals surface area contributed by atoms with Crippen molar-refractivity contribution in [3.63, 3.8) is 0 Å². The lowest BCUT2D eigenvalue weighted by Gasteiger charge is -2.26. The van der Waals surface area contributed by atoms with Crippen LogP contribution in [0.15, 0.2) is 0 Å². The van der Waals surface area contributed by atoms with Gasteiger partial charge in [0.05, 0.1) is 22.5 Å². The molecule has 1 aromatic rings. The molecule has 4 heteroatoms. The zero-order chi connectivity index (χ0) is 13.2. The molecule has 1 aromatic heterocycles. The van der Waals surface area contributed by atoms with Gasteiger partial charge < -0.3 is 5.11 Å². The predicted molar refractivity (Wildman–Crippen MR) is 71.4 cm³/mol. The van der Waals surface area contributed by atoms with Crippen LogP contribution in [0.25, 0.3) is 0 Å². The van der Waals surface area contributed by atoms with Gasteiger partial charge in [0, 0.05) is 6.54 Å². The normalized spacial score (nSPS) is 14.1. The van der Waals surface area contributed by atoms with Gasteiger partial charge in [-0.3, -0.25) is 4.68 Å². The van der Waals surface area contributed by atoms with E-state index in [0.717, 1.165) is 35.8 Å². The molecule has 0 aliphatic carbocycles. The van der Waals surface area contributed by atoms with Crippen LogP contribution in [0.4, 0.5) is 0 Å². The minimum atomic E-state index is -0.289. The largest absolute Gasteiger partial charge is 0.393 e. The topological polar surface area (TPSA) is 38.0 Å². The highest BCUT2D eigenvalue weighted by Gasteiger charge is 2.25. The van der Waals surface area contributed by atoms with E-state index in [2.05, 4.69) is 25.9 Å². The van der Waals surface area contributed by atoms with Crippen molar-refractivity contribution in [1.29, 1.82) is 0 Å². The molecule has 0 saturated heterocycles. The van der Waals surface area contributed by atoms with E-state index in [-0.39, 0.29) is 11.5 Å². The van der Waals surface area contributed by atoms with Crippen LogP contribution in [0.5, 0.6) is 0 Å². The Balaban J connectivity index is 2.94. The molecule has 0 aliphatic rings. The molecule has 0 radical (unpaired) electrons. The summed E-state index contributed by atoms with van der Waals surface area (Å²) in [6, 6.07) is 0. The van der Waals surface area contributed by atoms with Gasteiger partial charge >= 0.3 is 0 Å². The third kappa shape index (κ3) is 3.71. The first-order chi connectivity index (χ1) is 7.76. The summed E-state index contributed by atoms with van der Waals surface area (Å²) in [5, 5.41) is 14.7. The number of hydrogen-bond acceptors (Lipinski definition) is 2. The molecule has 17 heavy (non-hydrogen) atoms. The van der Waals surface area contributed by atoms with Gasteiger partial charge in [0.25, 0.3) is 0 Å². The first-order valence-electron chi connectivity index (χ1n) is 6.16. The number of halogens is 1. The summed E-state index contributed by atoms with van der Waals surface area (Å²) in [7, 11) is 0. The summed E-state index contributed by atoms with van der Waals surface area (Å²) in [6.07, 6.45) is 1.31. The van der Waals surface area contributed by atoms with Gasteiger partial charge in [-0.25, -0.2) is 0 Å². The van der Waals surface area contributed by atoms with E-state index in [4.69, 9.17) is 11.6 Å². The van der Waals surface area contributed by atoms with Crippen molar-refractivity contribution < 1.29 is 5.11 Å². The van der Waals surface area contributed by atoms with Crippen molar-refractivity contribution in [2.24, 2.45) is 5.41 Å². The number of aliphatic hydroxyl groups excluding tert-OH is 1. The molecule has 1 N–H and O–H groups in total. The fourth-order valence-electron chi connectivity index (χ4n) is 2.36. The highest BCUT2D eigenvalue weighted by molar-refractivity contribution is 6.31. The van der Waals surface area contributed by atoms with Gasteiger partial charge in [-0.15, -0.1) is 0 Å². The molecule has 1 atom stereocenters. The van der Waals surface area contributed by atoms with Crippen LogP contribution in [-0.2, 0) is 13.0 Å². The Morgan fingerprint density at radius 2 is 2.06 bits per heavy atom. The van der Waals surface area contributed by atoms with Gasteiger partial charge in [-0.1, -0.05) is 25.4 Å². The Morgan fingerprint density at radius 1 is 1.47 bits per heavy atom. The standard InChI is InChI=1S/C13H23ClN2O/c1-6-16-11(12(14)10(3)15-16)8-13(4,5)7-9(2)17/h9,17H,6-8H2,1-5H3. The molecule has 1 rings (SSSR count). The third-order valence-corrected chi connectivity index (χ3v) is 3.44. The lowest BCUT2D eigenvalue weighted by atomic mass is 9.82. The minimum absolute atomic E-state index is 0.0250. The molecule has 3 nitrogen and oxygen atoms in total. The average Bonchev–Trinajstić information content (AvgIpc) is 2.43. The highest BCUT2D eigenvalue weighted by Crippen LogP contribution is 2.31. The van der Waals surface area contributed by atoms with Crippen molar-refractivity contribution >= 4 is 11.6 Å². The number of aliphatic hydroxyl groups is 1. The molecular formula is C13H23ClN2O. The van der Waals surface area contributed by atoms with Crippen LogP contribution in [0.1, 0.15) is 45.5 Å². The molecule has 0 saturated carbocycles. The van der Waals surface area contributed by atoms with Crippen molar-refractivity contribution in [2.45, 2.75) is 60.1 Å². The highest BCUT2D eigenvalue weighted by atomic mass is 35.5. The summed E-state index contributed by atoms with van der Waals surface area (Å²) in [5.41, 5.74) is 1.99. The Hall–Kier alpha value is -0.540. The van der Waals surface area contributed by atoms with E-state index in [1.165, 1.54) is 0 Å². The molecule has 0 fully saturated rings. The van der Waals surface area contributed by atoms with Crippen LogP contribution in [0, 0.1) is 12.3 Å². The summed E-state index contributed by atoms with van der Waals surface area (Å²) in [6.45, 7) is 10.9. The third-order valence-electron chi connectivity index (χ3n) is 2.95. The lowest BCUT2D eigenvalue weighted by molar-refractivity contribution is 0.128. The molecule has 0 aliphatic heterocycles. The summed E-state index contributed by atoms with van der Waals surface area (Å²) >= 11 is 6.29. The van der Waals surface area contributed by atoms with E-state index >= 15 is 0 Å². The van der Waals surface area contributed by atoms with E-state index in [0.29, 0.717) is 0 Å². The number of nitrogens with zero attached hydrogens (tertiary/aromatic N) is 2. The number of aryl methyl sites for hydroxylation is 2. The monoisotopic (exact) mass is 258 g/mol. The second-order valence-electron chi connectivity index (χ2n) is 5.56. The fourth-order valence-corrected chi connectivity index (χ4v) is 2.57. The van der Waals surface area contributed by atoms with E-state index < -0.39 is 0 Å². The first kappa shape index (κ1) is 14.5. The van der Waals surface area contributed by atoms with Gasteiger partial charge in [0.1, 0.15) is 0 Å². The van der Waals surface area contributed by atoms with Gasteiger partial charge in [0.2, 0.25) is 0 Å². The van der Waals surface area contributed by atoms with Crippen LogP contribution in [0.3, 0.4) is 0 Å². The summed E-state index contributed by atoms with van der Waals surface area (Å²) in [5.74, 6) is 0. The zero-order valence-corrected chi connectivity index (χ0v) is 12.2. The van der Waals surface area contributed by atoms with Crippen molar-refractivity contribution in [3.05, 3.63) is 16.4 Å². The Kier molecular flexibility index (Phi) is 4.62. The van der Waals surface area contributed by atoms with Crippen molar-refractivity contribution in [2.75, 3.05) is 0 Å². The molecule has 0 bridgehead atoms. The molecule has 0 spiro atoms. The van der Waals surface area contributed by atoms with Crippen LogP contribution < -0.4 is 0 Å². The summed E-state index contributed by atoms with van der Waals surface area (Å²) < 4.78 is 1.96. The molecule has 98 valence electrons. The molecule has 0 aromatic carbocycles. The minimum Gasteiger partial charge on any atom is -0.393 e. The predicted octanol–water partition coefficient (Wildman–Crippen LogP) is 3.20. The van der Waals surface area contributed by atoms with Crippen LogP contribution in [-0.4, -0.2) is 21.0 Å². The Labute approximate surface area is 109 Å². The maximum absolute atomic E-state index is 9.51. The Bertz CT molecular complexity index is 383. The first-order valence-corrected chi connectivity index (χ1v) is 6.54. The molecular weight excluding hydrogens is 236 g/mol. The molecule has 1 unspecified atom stereocenters. The van der Waals surface area contributed by atoms with Gasteiger partial charge in [-0.05, 0) is 39.0 Å². The number of aromatic nitrogens is 2. The van der Waals surface area contributed by atoms with Crippen LogP contribution in [0.2, 0.25) is 5.02 Å².